The first-order chi connectivity index (χ1) is 34.6. The highest BCUT2D eigenvalue weighted by Gasteiger charge is 2.54. The van der Waals surface area contributed by atoms with Gasteiger partial charge in [0.15, 0.2) is 11.6 Å². The molecular formula is C62H74BBrF2O8. The lowest BCUT2D eigenvalue weighted by atomic mass is 9.70. The second-order valence-corrected chi connectivity index (χ2v) is 24.5. The number of allylic oxidation sites excluding steroid dienone is 4. The molecule has 0 atom stereocenters. The summed E-state index contributed by atoms with van der Waals surface area (Å²) < 4.78 is 51.2. The minimum atomic E-state index is -0.558. The van der Waals surface area contributed by atoms with E-state index < -0.39 is 22.8 Å². The molecule has 0 bridgehead atoms. The van der Waals surface area contributed by atoms with Crippen molar-refractivity contribution in [3.8, 4) is 0 Å². The van der Waals surface area contributed by atoms with Crippen LogP contribution in [0.25, 0.3) is 16.7 Å². The normalized spacial score (nSPS) is 18.4. The highest BCUT2D eigenvalue weighted by atomic mass is 79.9. The molecule has 4 aromatic carbocycles. The molecule has 5 aliphatic rings. The first kappa shape index (κ1) is 56.7. The Morgan fingerprint density at radius 1 is 0.568 bits per heavy atom. The number of Topliss-reactive ketones (excluding diaryl/α,β-unsaturated/α-hetero) is 2. The van der Waals surface area contributed by atoms with E-state index in [0.29, 0.717) is 45.0 Å². The molecular weight excluding hydrogens is 1000 g/mol. The van der Waals surface area contributed by atoms with Gasteiger partial charge in [0.25, 0.3) is 0 Å². The summed E-state index contributed by atoms with van der Waals surface area (Å²) >= 11 is 3.14. The fourth-order valence-corrected chi connectivity index (χ4v) is 11.4. The first-order valence-electron chi connectivity index (χ1n) is 26.4. The largest absolute Gasteiger partial charge is 0.491 e. The van der Waals surface area contributed by atoms with Crippen LogP contribution < -0.4 is 0 Å². The number of hydrogen-bond donors (Lipinski definition) is 0. The topological polar surface area (TPSA) is 105 Å². The van der Waals surface area contributed by atoms with Gasteiger partial charge in [-0.1, -0.05) is 72.7 Å². The lowest BCUT2D eigenvalue weighted by Crippen LogP contribution is -2.41. The molecule has 394 valence electrons. The van der Waals surface area contributed by atoms with Crippen LogP contribution in [-0.2, 0) is 31.6 Å². The van der Waals surface area contributed by atoms with Gasteiger partial charge >= 0.3 is 19.1 Å². The number of halogens is 3. The van der Waals surface area contributed by atoms with E-state index in [1.54, 1.807) is 6.07 Å². The Morgan fingerprint density at radius 3 is 1.45 bits per heavy atom. The van der Waals surface area contributed by atoms with E-state index >= 15 is 0 Å². The Hall–Kier alpha value is -5.04. The highest BCUT2D eigenvalue weighted by Crippen LogP contribution is 2.50. The molecule has 0 radical (unpaired) electrons. The number of carbonyl (C=O) groups is 4. The van der Waals surface area contributed by atoms with Crippen LogP contribution in [0.4, 0.5) is 8.78 Å². The van der Waals surface area contributed by atoms with Gasteiger partial charge in [0.1, 0.15) is 22.8 Å². The zero-order valence-electron chi connectivity index (χ0n) is 45.5. The lowest BCUT2D eigenvalue weighted by Gasteiger charge is -2.32. The molecule has 4 aromatic rings. The quantitative estimate of drug-likeness (QED) is 0.0976. The first-order valence-corrected chi connectivity index (χ1v) is 27.2. The van der Waals surface area contributed by atoms with E-state index in [1.807, 2.05) is 71.9 Å². The Labute approximate surface area is 446 Å². The zero-order chi connectivity index (χ0) is 54.1. The highest BCUT2D eigenvalue weighted by molar-refractivity contribution is 9.10. The van der Waals surface area contributed by atoms with Gasteiger partial charge in [0, 0.05) is 15.6 Å². The molecule has 2 saturated carbocycles. The summed E-state index contributed by atoms with van der Waals surface area (Å²) in [6.07, 6.45) is 13.6. The zero-order valence-corrected chi connectivity index (χ0v) is 47.1. The Morgan fingerprint density at radius 2 is 0.986 bits per heavy atom. The van der Waals surface area contributed by atoms with Crippen molar-refractivity contribution in [1.82, 2.24) is 0 Å². The van der Waals surface area contributed by atoms with Crippen LogP contribution in [0.2, 0.25) is 0 Å². The minimum Gasteiger partial charge on any atom is -0.456 e. The summed E-state index contributed by atoms with van der Waals surface area (Å²) in [4.78, 5) is 48.5. The second-order valence-electron chi connectivity index (χ2n) is 23.6. The number of benzene rings is 4. The van der Waals surface area contributed by atoms with Crippen molar-refractivity contribution in [1.29, 1.82) is 0 Å². The van der Waals surface area contributed by atoms with Gasteiger partial charge in [0.05, 0.1) is 22.3 Å². The summed E-state index contributed by atoms with van der Waals surface area (Å²) in [5.41, 5.74) is 10.7. The average Bonchev–Trinajstić information content (AvgIpc) is 3.97. The summed E-state index contributed by atoms with van der Waals surface area (Å²) in [6, 6.07) is 20.4. The van der Waals surface area contributed by atoms with Crippen molar-refractivity contribution < 1.29 is 46.7 Å². The fourth-order valence-electron chi connectivity index (χ4n) is 10.9. The molecule has 4 aliphatic carbocycles. The third-order valence-electron chi connectivity index (χ3n) is 15.0. The van der Waals surface area contributed by atoms with Crippen molar-refractivity contribution in [2.45, 2.75) is 183 Å². The summed E-state index contributed by atoms with van der Waals surface area (Å²) in [7, 11) is -0.334. The molecule has 3 fully saturated rings. The summed E-state index contributed by atoms with van der Waals surface area (Å²) in [5, 5.41) is 0. The molecule has 12 heteroatoms. The van der Waals surface area contributed by atoms with Crippen LogP contribution in [0.15, 0.2) is 82.7 Å². The van der Waals surface area contributed by atoms with E-state index in [2.05, 4.69) is 49.7 Å². The molecule has 1 aliphatic heterocycles. The van der Waals surface area contributed by atoms with Gasteiger partial charge in [0.2, 0.25) is 0 Å². The molecule has 0 spiro atoms. The Kier molecular flexibility index (Phi) is 17.4. The number of carbonyl (C=O) groups excluding carboxylic acids is 4. The third kappa shape index (κ3) is 13.3. The van der Waals surface area contributed by atoms with Crippen LogP contribution in [0, 0.1) is 23.5 Å². The third-order valence-corrected chi connectivity index (χ3v) is 15.7. The van der Waals surface area contributed by atoms with E-state index in [0.717, 1.165) is 41.5 Å². The molecule has 0 unspecified atom stereocenters. The van der Waals surface area contributed by atoms with E-state index in [1.165, 1.54) is 123 Å². The van der Waals surface area contributed by atoms with Crippen molar-refractivity contribution in [2.24, 2.45) is 11.8 Å². The van der Waals surface area contributed by atoms with Gasteiger partial charge in [-0.05, 0) is 238 Å². The van der Waals surface area contributed by atoms with Crippen LogP contribution in [0.3, 0.4) is 0 Å². The van der Waals surface area contributed by atoms with Crippen LogP contribution in [-0.4, -0.2) is 53.0 Å². The van der Waals surface area contributed by atoms with Gasteiger partial charge in [-0.2, -0.15) is 0 Å². The standard InChI is InChI=1S/C28H31FO3.C26H37BO4.C8H6BrFO/c1-17(30)24-16-21(29)11-13-23(24)25-15-20-14-19(27(31)32-28(2,3)4)10-12-22(20)26(25)18-8-6-5-7-9-18;1-24(2,3)29-23(28)18-13-14-20-19(15-18)16-21(22(20)17-11-9-8-10-12-17)27-30-25(4,5)26(6,7)31-27;1-5(11)7-4-6(10)2-3-8(7)9/h10-14,16,18H,5-9,15H2,1-4H3;13-15,17H,8-12,16H2,1-7H3;2-4H,1H3. The van der Waals surface area contributed by atoms with Gasteiger partial charge in [-0.25, -0.2) is 18.4 Å². The summed E-state index contributed by atoms with van der Waals surface area (Å²) in [6.45, 7) is 22.6. The SMILES string of the molecule is CC(=O)c1cc(F)ccc1Br.CC(=O)c1cc(F)ccc1C1=C(C2CCCCC2)c2ccc(C(=O)OC(C)(C)C)cc2C1.CC(C)(C)OC(=O)c1ccc2c(c1)CC(B1OC(C)(C)C(C)(C)O1)=C2C1CCCCC1. The van der Waals surface area contributed by atoms with E-state index in [4.69, 9.17) is 18.8 Å². The molecule has 74 heavy (non-hydrogen) atoms. The Bertz CT molecular complexity index is 2850. The molecule has 9 rings (SSSR count). The van der Waals surface area contributed by atoms with E-state index in [-0.39, 0.29) is 41.8 Å². The van der Waals surface area contributed by atoms with Crippen LogP contribution in [0.5, 0.6) is 0 Å². The molecule has 8 nitrogen and oxygen atoms in total. The molecule has 0 aromatic heterocycles. The van der Waals surface area contributed by atoms with Gasteiger partial charge in [-0.3, -0.25) is 9.59 Å². The summed E-state index contributed by atoms with van der Waals surface area (Å²) in [5.74, 6) is -0.719. The number of hydrogen-bond acceptors (Lipinski definition) is 8. The smallest absolute Gasteiger partial charge is 0.456 e. The van der Waals surface area contributed by atoms with Crippen LogP contribution >= 0.6 is 15.9 Å². The van der Waals surface area contributed by atoms with Gasteiger partial charge in [-0.15, -0.1) is 0 Å². The van der Waals surface area contributed by atoms with Crippen molar-refractivity contribution in [3.63, 3.8) is 0 Å². The minimum absolute atomic E-state index is 0.139. The predicted molar refractivity (Wildman–Crippen MR) is 294 cm³/mol. The maximum atomic E-state index is 14.0. The lowest BCUT2D eigenvalue weighted by molar-refractivity contribution is 0.00569. The number of ketones is 2. The number of esters is 2. The number of rotatable bonds is 8. The molecule has 0 amide bonds. The maximum absolute atomic E-state index is 14.0. The van der Waals surface area contributed by atoms with Crippen molar-refractivity contribution in [3.05, 3.63) is 144 Å². The van der Waals surface area contributed by atoms with E-state index in [9.17, 15) is 28.0 Å². The average molecular weight is 1080 g/mol. The van der Waals surface area contributed by atoms with Crippen molar-refractivity contribution in [2.75, 3.05) is 0 Å². The second kappa shape index (κ2) is 22.7. The number of fused-ring (bicyclic) bond motifs is 2. The molecule has 0 N–H and O–H groups in total. The van der Waals surface area contributed by atoms with Crippen LogP contribution in [0.1, 0.15) is 217 Å². The molecule has 1 saturated heterocycles. The Balaban J connectivity index is 0.000000180. The van der Waals surface area contributed by atoms with Crippen molar-refractivity contribution >= 4 is 63.3 Å². The molecule has 1 heterocycles. The fraction of sp³-hybridized carbons (Fsp3) is 0.484. The number of ether oxygens (including phenoxy) is 2. The maximum Gasteiger partial charge on any atom is 0.491 e. The van der Waals surface area contributed by atoms with Gasteiger partial charge < -0.3 is 18.8 Å². The monoisotopic (exact) mass is 1070 g/mol. The predicted octanol–water partition coefficient (Wildman–Crippen LogP) is 16.0.